The van der Waals surface area contributed by atoms with Crippen LogP contribution in [0, 0.1) is 0 Å². The van der Waals surface area contributed by atoms with Crippen molar-refractivity contribution >= 4 is 11.0 Å². The first kappa shape index (κ1) is 19.0. The number of nitrogens with zero attached hydrogens (tertiary/aromatic N) is 3. The Morgan fingerprint density at radius 3 is 2.44 bits per heavy atom. The second kappa shape index (κ2) is 7.44. The standard InChI is InChI=1S/C20H25N3O4/c1-20(2,3)15-10-14(27-9-5-8-24)12-18(19(15)25)23-21-16-7-6-13(26-4)11-17(16)22-23/h6-7,10-12,24-25H,5,8-9H2,1-4H3. The summed E-state index contributed by atoms with van der Waals surface area (Å²) in [4.78, 5) is 1.41. The number of methoxy groups -OCH3 is 1. The lowest BCUT2D eigenvalue weighted by molar-refractivity contribution is 0.233. The molecule has 0 saturated carbocycles. The van der Waals surface area contributed by atoms with E-state index in [4.69, 9.17) is 14.6 Å². The first-order valence-electron chi connectivity index (χ1n) is 8.86. The Labute approximate surface area is 158 Å². The van der Waals surface area contributed by atoms with Crippen LogP contribution in [0.25, 0.3) is 16.7 Å². The van der Waals surface area contributed by atoms with Gasteiger partial charge in [0.1, 0.15) is 34.0 Å². The van der Waals surface area contributed by atoms with Crippen molar-refractivity contribution in [1.29, 1.82) is 0 Å². The molecule has 0 amide bonds. The van der Waals surface area contributed by atoms with Crippen LogP contribution in [-0.2, 0) is 5.41 Å². The zero-order valence-electron chi connectivity index (χ0n) is 16.1. The van der Waals surface area contributed by atoms with Gasteiger partial charge in [0.2, 0.25) is 0 Å². The molecule has 0 aliphatic heterocycles. The second-order valence-electron chi connectivity index (χ2n) is 7.36. The number of aromatic nitrogens is 3. The third-order valence-corrected chi connectivity index (χ3v) is 4.25. The molecule has 1 heterocycles. The van der Waals surface area contributed by atoms with Crippen molar-refractivity contribution in [2.75, 3.05) is 20.3 Å². The molecule has 1 aromatic heterocycles. The van der Waals surface area contributed by atoms with Gasteiger partial charge in [0, 0.05) is 30.7 Å². The Morgan fingerprint density at radius 2 is 1.78 bits per heavy atom. The number of phenolic OH excluding ortho intramolecular Hbond substituents is 1. The molecule has 0 aliphatic rings. The van der Waals surface area contributed by atoms with E-state index in [1.807, 2.05) is 39.0 Å². The van der Waals surface area contributed by atoms with Crippen LogP contribution < -0.4 is 9.47 Å². The Morgan fingerprint density at radius 1 is 1.04 bits per heavy atom. The topological polar surface area (TPSA) is 89.6 Å². The Balaban J connectivity index is 2.11. The predicted octanol–water partition coefficient (Wildman–Crippen LogP) is 3.19. The van der Waals surface area contributed by atoms with Crippen LogP contribution >= 0.6 is 0 Å². The van der Waals surface area contributed by atoms with Gasteiger partial charge < -0.3 is 19.7 Å². The third kappa shape index (κ3) is 3.98. The molecule has 0 radical (unpaired) electrons. The number of hydrogen-bond acceptors (Lipinski definition) is 6. The van der Waals surface area contributed by atoms with Gasteiger partial charge in [-0.15, -0.1) is 15.0 Å². The van der Waals surface area contributed by atoms with Crippen molar-refractivity contribution in [1.82, 2.24) is 15.0 Å². The fourth-order valence-corrected chi connectivity index (χ4v) is 2.78. The van der Waals surface area contributed by atoms with Crippen molar-refractivity contribution in [3.05, 3.63) is 35.9 Å². The molecule has 0 aliphatic carbocycles. The Hall–Kier alpha value is -2.80. The largest absolute Gasteiger partial charge is 0.505 e. The van der Waals surface area contributed by atoms with Crippen molar-refractivity contribution in [2.24, 2.45) is 0 Å². The molecule has 2 aromatic carbocycles. The minimum atomic E-state index is -0.301. The van der Waals surface area contributed by atoms with Crippen molar-refractivity contribution in [3.63, 3.8) is 0 Å². The quantitative estimate of drug-likeness (QED) is 0.647. The number of aliphatic hydroxyl groups is 1. The smallest absolute Gasteiger partial charge is 0.147 e. The average Bonchev–Trinajstić information content (AvgIpc) is 3.04. The van der Waals surface area contributed by atoms with E-state index < -0.39 is 0 Å². The monoisotopic (exact) mass is 371 g/mol. The van der Waals surface area contributed by atoms with Gasteiger partial charge in [-0.25, -0.2) is 0 Å². The lowest BCUT2D eigenvalue weighted by atomic mass is 9.86. The fraction of sp³-hybridized carbons (Fsp3) is 0.400. The van der Waals surface area contributed by atoms with Gasteiger partial charge >= 0.3 is 0 Å². The van der Waals surface area contributed by atoms with Gasteiger partial charge in [0.25, 0.3) is 0 Å². The third-order valence-electron chi connectivity index (χ3n) is 4.25. The van der Waals surface area contributed by atoms with E-state index in [1.54, 1.807) is 19.2 Å². The Bertz CT molecular complexity index is 944. The molecule has 0 fully saturated rings. The molecule has 0 saturated heterocycles. The van der Waals surface area contributed by atoms with E-state index in [0.717, 1.165) is 5.56 Å². The maximum absolute atomic E-state index is 10.9. The number of ether oxygens (including phenoxy) is 2. The molecule has 3 rings (SSSR count). The van der Waals surface area contributed by atoms with E-state index in [1.165, 1.54) is 4.80 Å². The zero-order valence-corrected chi connectivity index (χ0v) is 16.1. The lowest BCUT2D eigenvalue weighted by Crippen LogP contribution is -2.14. The molecule has 3 aromatic rings. The minimum Gasteiger partial charge on any atom is -0.505 e. The highest BCUT2D eigenvalue weighted by atomic mass is 16.5. The van der Waals surface area contributed by atoms with Gasteiger partial charge in [0.05, 0.1) is 13.7 Å². The van der Waals surface area contributed by atoms with Crippen molar-refractivity contribution < 1.29 is 19.7 Å². The molecule has 0 bridgehead atoms. The number of fused-ring (bicyclic) bond motifs is 1. The van der Waals surface area contributed by atoms with Gasteiger partial charge in [0.15, 0.2) is 0 Å². The summed E-state index contributed by atoms with van der Waals surface area (Å²) < 4.78 is 11.0. The van der Waals surface area contributed by atoms with Gasteiger partial charge in [-0.2, -0.15) is 0 Å². The zero-order chi connectivity index (χ0) is 19.6. The molecule has 2 N–H and O–H groups in total. The van der Waals surface area contributed by atoms with Crippen LogP contribution in [-0.4, -0.2) is 45.5 Å². The second-order valence-corrected chi connectivity index (χ2v) is 7.36. The molecule has 7 heteroatoms. The molecule has 27 heavy (non-hydrogen) atoms. The number of aromatic hydroxyl groups is 1. The summed E-state index contributed by atoms with van der Waals surface area (Å²) in [6, 6.07) is 8.96. The summed E-state index contributed by atoms with van der Waals surface area (Å²) in [5, 5.41) is 28.8. The summed E-state index contributed by atoms with van der Waals surface area (Å²) in [5.74, 6) is 1.40. The summed E-state index contributed by atoms with van der Waals surface area (Å²) in [6.07, 6.45) is 0.533. The van der Waals surface area contributed by atoms with Crippen LogP contribution in [0.4, 0.5) is 0 Å². The van der Waals surface area contributed by atoms with Gasteiger partial charge in [-0.05, 0) is 23.6 Å². The van der Waals surface area contributed by atoms with E-state index >= 15 is 0 Å². The molecule has 0 unspecified atom stereocenters. The highest BCUT2D eigenvalue weighted by Crippen LogP contribution is 2.38. The van der Waals surface area contributed by atoms with E-state index in [9.17, 15) is 5.11 Å². The first-order valence-corrected chi connectivity index (χ1v) is 8.86. The summed E-state index contributed by atoms with van der Waals surface area (Å²) in [6.45, 7) is 6.49. The molecular formula is C20H25N3O4. The first-order chi connectivity index (χ1) is 12.8. The van der Waals surface area contributed by atoms with Crippen LogP contribution in [0.15, 0.2) is 30.3 Å². The van der Waals surface area contributed by atoms with Crippen molar-refractivity contribution in [3.8, 4) is 22.9 Å². The molecule has 144 valence electrons. The van der Waals surface area contributed by atoms with Crippen molar-refractivity contribution in [2.45, 2.75) is 32.6 Å². The van der Waals surface area contributed by atoms with E-state index in [0.29, 0.717) is 41.2 Å². The highest BCUT2D eigenvalue weighted by Gasteiger charge is 2.23. The maximum atomic E-state index is 10.9. The van der Waals surface area contributed by atoms with Gasteiger partial charge in [-0.1, -0.05) is 20.8 Å². The lowest BCUT2D eigenvalue weighted by Gasteiger charge is -2.23. The fourth-order valence-electron chi connectivity index (χ4n) is 2.78. The Kier molecular flexibility index (Phi) is 5.23. The van der Waals surface area contributed by atoms with Crippen LogP contribution in [0.5, 0.6) is 17.2 Å². The van der Waals surface area contributed by atoms with Crippen LogP contribution in [0.3, 0.4) is 0 Å². The van der Waals surface area contributed by atoms with E-state index in [2.05, 4.69) is 10.2 Å². The SMILES string of the molecule is COc1ccc2nn(-c3cc(OCCCO)cc(C(C)(C)C)c3O)nc2c1. The molecule has 0 atom stereocenters. The number of benzene rings is 2. The number of hydrogen-bond donors (Lipinski definition) is 2. The number of phenols is 1. The molecule has 0 spiro atoms. The normalized spacial score (nSPS) is 11.7. The van der Waals surface area contributed by atoms with Crippen LogP contribution in [0.1, 0.15) is 32.8 Å². The highest BCUT2D eigenvalue weighted by molar-refractivity contribution is 5.76. The van der Waals surface area contributed by atoms with E-state index in [-0.39, 0.29) is 17.8 Å². The summed E-state index contributed by atoms with van der Waals surface area (Å²) >= 11 is 0. The summed E-state index contributed by atoms with van der Waals surface area (Å²) in [7, 11) is 1.60. The predicted molar refractivity (Wildman–Crippen MR) is 103 cm³/mol. The minimum absolute atomic E-state index is 0.0605. The number of aliphatic hydroxyl groups excluding tert-OH is 1. The summed E-state index contributed by atoms with van der Waals surface area (Å²) in [5.41, 5.74) is 2.23. The average molecular weight is 371 g/mol. The van der Waals surface area contributed by atoms with Crippen LogP contribution in [0.2, 0.25) is 0 Å². The number of rotatable bonds is 6. The van der Waals surface area contributed by atoms with Gasteiger partial charge in [-0.3, -0.25) is 0 Å². The molecule has 7 nitrogen and oxygen atoms in total. The maximum Gasteiger partial charge on any atom is 0.147 e. The molecular weight excluding hydrogens is 346 g/mol.